The fraction of sp³-hybridized carbons (Fsp3) is 0.182. The summed E-state index contributed by atoms with van der Waals surface area (Å²) in [6.07, 6.45) is 1.59. The van der Waals surface area contributed by atoms with Gasteiger partial charge in [-0.1, -0.05) is 18.2 Å². The van der Waals surface area contributed by atoms with Gasteiger partial charge in [0.25, 0.3) is 0 Å². The van der Waals surface area contributed by atoms with E-state index in [4.69, 9.17) is 9.52 Å². The number of aliphatic hydroxyl groups excluding tert-OH is 1. The molecule has 0 atom stereocenters. The smallest absolute Gasteiger partial charge is 0.169 e. The first-order chi connectivity index (χ1) is 6.83. The van der Waals surface area contributed by atoms with E-state index < -0.39 is 0 Å². The normalized spacial score (nSPS) is 10.6. The summed E-state index contributed by atoms with van der Waals surface area (Å²) in [5.74, 6) is -0.0857. The Morgan fingerprint density at radius 3 is 2.93 bits per heavy atom. The van der Waals surface area contributed by atoms with Gasteiger partial charge in [-0.05, 0) is 6.07 Å². The summed E-state index contributed by atoms with van der Waals surface area (Å²) in [5.41, 5.74) is 1.25. The quantitative estimate of drug-likeness (QED) is 0.753. The highest BCUT2D eigenvalue weighted by atomic mass is 16.3. The number of benzene rings is 1. The number of furan rings is 1. The van der Waals surface area contributed by atoms with E-state index in [2.05, 4.69) is 0 Å². The van der Waals surface area contributed by atoms with Gasteiger partial charge >= 0.3 is 0 Å². The molecular weight excluding hydrogens is 180 g/mol. The topological polar surface area (TPSA) is 50.4 Å². The third-order valence-corrected chi connectivity index (χ3v) is 2.12. The van der Waals surface area contributed by atoms with Gasteiger partial charge in [0.2, 0.25) is 0 Å². The van der Waals surface area contributed by atoms with Crippen LogP contribution < -0.4 is 0 Å². The molecule has 1 N–H and O–H groups in total. The molecule has 2 rings (SSSR count). The van der Waals surface area contributed by atoms with E-state index in [0.717, 1.165) is 5.39 Å². The fourth-order valence-corrected chi connectivity index (χ4v) is 1.43. The van der Waals surface area contributed by atoms with E-state index in [0.29, 0.717) is 11.1 Å². The second kappa shape index (κ2) is 3.64. The van der Waals surface area contributed by atoms with E-state index in [1.807, 2.05) is 24.3 Å². The molecule has 0 spiro atoms. The lowest BCUT2D eigenvalue weighted by Gasteiger charge is -1.93. The molecule has 0 amide bonds. The average molecular weight is 190 g/mol. The van der Waals surface area contributed by atoms with Crippen molar-refractivity contribution in [2.75, 3.05) is 6.61 Å². The van der Waals surface area contributed by atoms with Gasteiger partial charge in [-0.3, -0.25) is 4.79 Å². The highest BCUT2D eigenvalue weighted by Gasteiger charge is 2.11. The minimum atomic E-state index is -0.127. The fourth-order valence-electron chi connectivity index (χ4n) is 1.43. The summed E-state index contributed by atoms with van der Waals surface area (Å²) in [6, 6.07) is 7.36. The van der Waals surface area contributed by atoms with Crippen LogP contribution in [0, 0.1) is 0 Å². The summed E-state index contributed by atoms with van der Waals surface area (Å²) < 4.78 is 5.21. The van der Waals surface area contributed by atoms with Crippen molar-refractivity contribution >= 4 is 16.8 Å². The molecule has 0 fully saturated rings. The predicted molar refractivity (Wildman–Crippen MR) is 52.2 cm³/mol. The Balaban J connectivity index is 2.47. The van der Waals surface area contributed by atoms with Crippen molar-refractivity contribution in [2.24, 2.45) is 0 Å². The van der Waals surface area contributed by atoms with Crippen LogP contribution in [0.5, 0.6) is 0 Å². The standard InChI is InChI=1S/C11H10O3/c12-6-5-10(13)9-7-14-11-4-2-1-3-8(9)11/h1-4,7,12H,5-6H2. The first-order valence-corrected chi connectivity index (χ1v) is 4.43. The molecule has 1 heterocycles. The van der Waals surface area contributed by atoms with Crippen molar-refractivity contribution in [2.45, 2.75) is 6.42 Å². The maximum absolute atomic E-state index is 11.5. The highest BCUT2D eigenvalue weighted by Crippen LogP contribution is 2.21. The van der Waals surface area contributed by atoms with Crippen molar-refractivity contribution in [3.8, 4) is 0 Å². The molecule has 1 aromatic carbocycles. The average Bonchev–Trinajstić information content (AvgIpc) is 2.61. The van der Waals surface area contributed by atoms with Crippen LogP contribution in [0.2, 0.25) is 0 Å². The summed E-state index contributed by atoms with van der Waals surface area (Å²) >= 11 is 0. The molecule has 0 saturated heterocycles. The third-order valence-electron chi connectivity index (χ3n) is 2.12. The number of fused-ring (bicyclic) bond motifs is 1. The zero-order valence-electron chi connectivity index (χ0n) is 7.56. The molecule has 0 saturated carbocycles. The van der Waals surface area contributed by atoms with Crippen molar-refractivity contribution < 1.29 is 14.3 Å². The molecule has 0 bridgehead atoms. The van der Waals surface area contributed by atoms with E-state index in [1.54, 1.807) is 0 Å². The molecule has 0 radical (unpaired) electrons. The zero-order valence-corrected chi connectivity index (χ0v) is 7.56. The third kappa shape index (κ3) is 1.42. The Labute approximate surface area is 81.0 Å². The van der Waals surface area contributed by atoms with Crippen molar-refractivity contribution in [1.82, 2.24) is 0 Å². The van der Waals surface area contributed by atoms with Crippen LogP contribution in [-0.2, 0) is 0 Å². The maximum Gasteiger partial charge on any atom is 0.169 e. The summed E-state index contributed by atoms with van der Waals surface area (Å²) in [5, 5.41) is 9.47. The van der Waals surface area contributed by atoms with Crippen molar-refractivity contribution in [1.29, 1.82) is 0 Å². The van der Waals surface area contributed by atoms with Crippen LogP contribution in [0.1, 0.15) is 16.8 Å². The molecule has 0 aliphatic rings. The van der Waals surface area contributed by atoms with Gasteiger partial charge in [0, 0.05) is 11.8 Å². The summed E-state index contributed by atoms with van der Waals surface area (Å²) in [7, 11) is 0. The van der Waals surface area contributed by atoms with Crippen LogP contribution in [0.3, 0.4) is 0 Å². The molecule has 3 nitrogen and oxygen atoms in total. The van der Waals surface area contributed by atoms with Crippen LogP contribution in [0.15, 0.2) is 34.9 Å². The number of ketones is 1. The van der Waals surface area contributed by atoms with Crippen LogP contribution in [0.25, 0.3) is 11.0 Å². The van der Waals surface area contributed by atoms with Gasteiger partial charge in [-0.15, -0.1) is 0 Å². The summed E-state index contributed by atoms with van der Waals surface area (Å²) in [4.78, 5) is 11.5. The van der Waals surface area contributed by atoms with Gasteiger partial charge in [-0.2, -0.15) is 0 Å². The SMILES string of the molecule is O=C(CCO)c1coc2ccccc12. The molecule has 0 aliphatic heterocycles. The second-order valence-corrected chi connectivity index (χ2v) is 3.04. The number of aliphatic hydroxyl groups is 1. The van der Waals surface area contributed by atoms with Crippen molar-refractivity contribution in [3.05, 3.63) is 36.1 Å². The van der Waals surface area contributed by atoms with Gasteiger partial charge in [0.1, 0.15) is 11.8 Å². The van der Waals surface area contributed by atoms with E-state index in [9.17, 15) is 4.79 Å². The van der Waals surface area contributed by atoms with Crippen LogP contribution in [-0.4, -0.2) is 17.5 Å². The van der Waals surface area contributed by atoms with Gasteiger partial charge in [0.05, 0.1) is 12.2 Å². The molecule has 2 aromatic rings. The number of carbonyl (C=O) groups excluding carboxylic acids is 1. The van der Waals surface area contributed by atoms with Gasteiger partial charge < -0.3 is 9.52 Å². The predicted octanol–water partition coefficient (Wildman–Crippen LogP) is 2.00. The first kappa shape index (κ1) is 8.97. The minimum absolute atomic E-state index is 0.0857. The van der Waals surface area contributed by atoms with Gasteiger partial charge in [-0.25, -0.2) is 0 Å². The maximum atomic E-state index is 11.5. The van der Waals surface area contributed by atoms with E-state index in [1.165, 1.54) is 6.26 Å². The van der Waals surface area contributed by atoms with Crippen LogP contribution >= 0.6 is 0 Å². The second-order valence-electron chi connectivity index (χ2n) is 3.04. The summed E-state index contributed by atoms with van der Waals surface area (Å²) in [6.45, 7) is -0.127. The molecule has 0 unspecified atom stereocenters. The van der Waals surface area contributed by atoms with E-state index in [-0.39, 0.29) is 18.8 Å². The first-order valence-electron chi connectivity index (χ1n) is 4.43. The Morgan fingerprint density at radius 1 is 1.36 bits per heavy atom. The monoisotopic (exact) mass is 190 g/mol. The lowest BCUT2D eigenvalue weighted by Crippen LogP contribution is -2.00. The zero-order chi connectivity index (χ0) is 9.97. The Kier molecular flexibility index (Phi) is 2.33. The largest absolute Gasteiger partial charge is 0.464 e. The minimum Gasteiger partial charge on any atom is -0.464 e. The Morgan fingerprint density at radius 2 is 2.14 bits per heavy atom. The van der Waals surface area contributed by atoms with E-state index >= 15 is 0 Å². The number of hydrogen-bond donors (Lipinski definition) is 1. The lowest BCUT2D eigenvalue weighted by molar-refractivity contribution is 0.0957. The number of Topliss-reactive ketones (excluding diaryl/α,β-unsaturated/α-hetero) is 1. The number of hydrogen-bond acceptors (Lipinski definition) is 3. The molecule has 72 valence electrons. The molecular formula is C11H10O3. The molecule has 3 heteroatoms. The molecule has 14 heavy (non-hydrogen) atoms. The molecule has 1 aromatic heterocycles. The number of rotatable bonds is 3. The Hall–Kier alpha value is -1.61. The van der Waals surface area contributed by atoms with Gasteiger partial charge in [0.15, 0.2) is 5.78 Å². The number of para-hydroxylation sites is 1. The highest BCUT2D eigenvalue weighted by molar-refractivity contribution is 6.07. The lowest BCUT2D eigenvalue weighted by atomic mass is 10.1. The van der Waals surface area contributed by atoms with Crippen LogP contribution in [0.4, 0.5) is 0 Å². The van der Waals surface area contributed by atoms with Crippen molar-refractivity contribution in [3.63, 3.8) is 0 Å². The number of carbonyl (C=O) groups is 1. The molecule has 0 aliphatic carbocycles. The Bertz CT molecular complexity index is 456.